The monoisotopic (exact) mass is 846 g/mol. The summed E-state index contributed by atoms with van der Waals surface area (Å²) in [7, 11) is 5.41. The maximum Gasteiger partial charge on any atom is 0.306 e. The third-order valence-electron chi connectivity index (χ3n) is 11.3. The zero-order chi connectivity index (χ0) is 44.2. The van der Waals surface area contributed by atoms with Gasteiger partial charge in [0.05, 0.1) is 40.3 Å². The fourth-order valence-electron chi connectivity index (χ4n) is 7.44. The summed E-state index contributed by atoms with van der Waals surface area (Å²) in [6, 6.07) is -0.726. The van der Waals surface area contributed by atoms with Crippen LogP contribution in [0, 0.1) is 0 Å². The molecule has 0 saturated heterocycles. The highest BCUT2D eigenvalue weighted by atomic mass is 16.6. The summed E-state index contributed by atoms with van der Waals surface area (Å²) in [5.74, 6) is -1.74. The average Bonchev–Trinajstić information content (AvgIpc) is 3.21. The smallest absolute Gasteiger partial charge is 0.306 e. The second-order valence-electron chi connectivity index (χ2n) is 18.0. The van der Waals surface area contributed by atoms with Crippen LogP contribution in [0.15, 0.2) is 36.5 Å². The standard InChI is InChI=1S/C52H95NO7/c1-6-8-10-12-14-16-18-20-22-24-25-27-28-30-32-34-36-38-40-42-50(54)59-47-48(46-58-45-44-49(52(56)57)53(3,4)5)60-51(55)43-41-39-37-35-33-31-29-26-23-21-19-17-15-13-11-9-7-2/h9,11,15,17,21,23,48-49H,6-8,10,12-14,16,18-20,22,24-47H2,1-5H3/b11-9-,17-15-,23-21-. The number of nitrogens with zero attached hydrogens (tertiary/aromatic N) is 1. The molecular formula is C52H95NO7. The van der Waals surface area contributed by atoms with Crippen molar-refractivity contribution in [2.45, 2.75) is 238 Å². The van der Waals surface area contributed by atoms with E-state index < -0.39 is 18.1 Å². The van der Waals surface area contributed by atoms with E-state index in [9.17, 15) is 19.5 Å². The summed E-state index contributed by atoms with van der Waals surface area (Å²) < 4.78 is 17.2. The van der Waals surface area contributed by atoms with Gasteiger partial charge in [0, 0.05) is 19.3 Å². The maximum absolute atomic E-state index is 12.8. The highest BCUT2D eigenvalue weighted by molar-refractivity contribution is 5.70. The minimum atomic E-state index is -1.12. The van der Waals surface area contributed by atoms with E-state index in [0.29, 0.717) is 12.8 Å². The van der Waals surface area contributed by atoms with Crippen molar-refractivity contribution >= 4 is 17.9 Å². The number of likely N-dealkylation sites (N-methyl/N-ethyl adjacent to an activating group) is 1. The number of rotatable bonds is 45. The molecule has 0 aromatic rings. The van der Waals surface area contributed by atoms with E-state index in [1.165, 1.54) is 128 Å². The summed E-state index contributed by atoms with van der Waals surface area (Å²) in [5, 5.41) is 11.7. The molecule has 0 aromatic heterocycles. The molecule has 60 heavy (non-hydrogen) atoms. The van der Waals surface area contributed by atoms with Crippen LogP contribution in [-0.4, -0.2) is 75.5 Å². The molecule has 0 aliphatic rings. The first-order valence-electron chi connectivity index (χ1n) is 25.0. The first kappa shape index (κ1) is 57.5. The molecule has 2 atom stereocenters. The highest BCUT2D eigenvalue weighted by Gasteiger charge is 2.25. The van der Waals surface area contributed by atoms with Crippen LogP contribution in [-0.2, 0) is 28.6 Å². The van der Waals surface area contributed by atoms with Crippen LogP contribution in [0.4, 0.5) is 0 Å². The van der Waals surface area contributed by atoms with E-state index >= 15 is 0 Å². The van der Waals surface area contributed by atoms with Gasteiger partial charge in [-0.15, -0.1) is 0 Å². The molecule has 2 unspecified atom stereocenters. The van der Waals surface area contributed by atoms with Gasteiger partial charge in [0.25, 0.3) is 0 Å². The Bertz CT molecular complexity index is 1080. The molecule has 0 spiro atoms. The number of carboxylic acids is 1. The molecule has 0 bridgehead atoms. The summed E-state index contributed by atoms with van der Waals surface area (Å²) in [5.41, 5.74) is 0. The van der Waals surface area contributed by atoms with Crippen molar-refractivity contribution in [3.05, 3.63) is 36.5 Å². The van der Waals surface area contributed by atoms with Crippen molar-refractivity contribution in [3.63, 3.8) is 0 Å². The Balaban J connectivity index is 4.24. The normalized spacial score (nSPS) is 13.2. The molecule has 0 radical (unpaired) electrons. The molecule has 0 aliphatic carbocycles. The molecule has 0 saturated carbocycles. The summed E-state index contributed by atoms with van der Waals surface area (Å²) in [4.78, 5) is 37.0. The number of ether oxygens (including phenoxy) is 3. The van der Waals surface area contributed by atoms with Gasteiger partial charge < -0.3 is 28.6 Å². The molecule has 8 heteroatoms. The predicted octanol–water partition coefficient (Wildman–Crippen LogP) is 12.9. The molecule has 0 amide bonds. The maximum atomic E-state index is 12.8. The minimum Gasteiger partial charge on any atom is -0.544 e. The molecule has 8 nitrogen and oxygen atoms in total. The fraction of sp³-hybridized carbons (Fsp3) is 0.827. The first-order valence-corrected chi connectivity index (χ1v) is 25.0. The van der Waals surface area contributed by atoms with Gasteiger partial charge in [-0.25, -0.2) is 0 Å². The minimum absolute atomic E-state index is 0.0394. The highest BCUT2D eigenvalue weighted by Crippen LogP contribution is 2.16. The number of esters is 2. The molecule has 0 aliphatic heterocycles. The van der Waals surface area contributed by atoms with Crippen molar-refractivity contribution in [2.24, 2.45) is 0 Å². The van der Waals surface area contributed by atoms with E-state index in [4.69, 9.17) is 14.2 Å². The Morgan fingerprint density at radius 1 is 0.517 bits per heavy atom. The average molecular weight is 846 g/mol. The quantitative estimate of drug-likeness (QED) is 0.0260. The van der Waals surface area contributed by atoms with Gasteiger partial charge >= 0.3 is 11.9 Å². The van der Waals surface area contributed by atoms with E-state index in [2.05, 4.69) is 50.3 Å². The van der Waals surface area contributed by atoms with Crippen LogP contribution in [0.1, 0.15) is 226 Å². The van der Waals surface area contributed by atoms with Crippen molar-refractivity contribution in [1.82, 2.24) is 0 Å². The predicted molar refractivity (Wildman–Crippen MR) is 250 cm³/mol. The van der Waals surface area contributed by atoms with Crippen molar-refractivity contribution < 1.29 is 38.2 Å². The molecule has 0 heterocycles. The van der Waals surface area contributed by atoms with Crippen molar-refractivity contribution in [2.75, 3.05) is 41.0 Å². The number of carbonyl (C=O) groups excluding carboxylic acids is 3. The number of allylic oxidation sites excluding steroid dienone is 6. The number of carbonyl (C=O) groups is 3. The van der Waals surface area contributed by atoms with Crippen LogP contribution >= 0.6 is 0 Å². The van der Waals surface area contributed by atoms with Crippen LogP contribution in [0.25, 0.3) is 0 Å². The second kappa shape index (κ2) is 43.2. The van der Waals surface area contributed by atoms with Gasteiger partial charge in [-0.2, -0.15) is 0 Å². The zero-order valence-electron chi connectivity index (χ0n) is 39.9. The summed E-state index contributed by atoms with van der Waals surface area (Å²) >= 11 is 0. The number of unbranched alkanes of at least 4 members (excludes halogenated alkanes) is 25. The molecule has 0 N–H and O–H groups in total. The number of hydrogen-bond donors (Lipinski definition) is 0. The van der Waals surface area contributed by atoms with Gasteiger partial charge in [0.2, 0.25) is 0 Å². The number of hydrogen-bond acceptors (Lipinski definition) is 7. The van der Waals surface area contributed by atoms with E-state index in [1.54, 1.807) is 21.1 Å². The van der Waals surface area contributed by atoms with E-state index in [0.717, 1.165) is 64.2 Å². The van der Waals surface area contributed by atoms with Crippen LogP contribution in [0.3, 0.4) is 0 Å². The summed E-state index contributed by atoms with van der Waals surface area (Å²) in [6.07, 6.45) is 50.3. The van der Waals surface area contributed by atoms with E-state index in [1.807, 2.05) is 0 Å². The lowest BCUT2D eigenvalue weighted by atomic mass is 10.0. The van der Waals surface area contributed by atoms with Gasteiger partial charge in [0.15, 0.2) is 6.10 Å². The largest absolute Gasteiger partial charge is 0.544 e. The fourth-order valence-corrected chi connectivity index (χ4v) is 7.44. The number of aliphatic carboxylic acids is 1. The Labute approximate surface area is 370 Å². The molecular weight excluding hydrogens is 751 g/mol. The van der Waals surface area contributed by atoms with Gasteiger partial charge in [0.1, 0.15) is 12.6 Å². The summed E-state index contributed by atoms with van der Waals surface area (Å²) in [6.45, 7) is 4.57. The molecule has 0 fully saturated rings. The third-order valence-corrected chi connectivity index (χ3v) is 11.3. The lowest BCUT2D eigenvalue weighted by Gasteiger charge is -2.34. The van der Waals surface area contributed by atoms with Gasteiger partial charge in [-0.05, 0) is 44.9 Å². The Hall–Kier alpha value is -2.45. The lowest BCUT2D eigenvalue weighted by molar-refractivity contribution is -0.889. The molecule has 0 aromatic carbocycles. The zero-order valence-corrected chi connectivity index (χ0v) is 39.9. The van der Waals surface area contributed by atoms with Crippen LogP contribution < -0.4 is 5.11 Å². The van der Waals surface area contributed by atoms with Crippen molar-refractivity contribution in [3.8, 4) is 0 Å². The number of quaternary nitrogens is 1. The molecule has 0 rings (SSSR count). The van der Waals surface area contributed by atoms with Crippen molar-refractivity contribution in [1.29, 1.82) is 0 Å². The Morgan fingerprint density at radius 3 is 1.38 bits per heavy atom. The van der Waals surface area contributed by atoms with Crippen LogP contribution in [0.5, 0.6) is 0 Å². The Morgan fingerprint density at radius 2 is 0.933 bits per heavy atom. The van der Waals surface area contributed by atoms with Gasteiger partial charge in [-0.1, -0.05) is 198 Å². The van der Waals surface area contributed by atoms with E-state index in [-0.39, 0.29) is 42.7 Å². The molecule has 350 valence electrons. The topological polar surface area (TPSA) is 102 Å². The third kappa shape index (κ3) is 40.9. The van der Waals surface area contributed by atoms with Gasteiger partial charge in [-0.3, -0.25) is 9.59 Å². The number of carboxylic acid groups (broad SMARTS) is 1. The van der Waals surface area contributed by atoms with Crippen LogP contribution in [0.2, 0.25) is 0 Å². The first-order chi connectivity index (χ1) is 29.1. The lowest BCUT2D eigenvalue weighted by Crippen LogP contribution is -2.55. The second-order valence-corrected chi connectivity index (χ2v) is 18.0. The Kier molecular flexibility index (Phi) is 41.4. The SMILES string of the molecule is CC/C=C\C/C=C\C/C=C\CCCCCCCCCC(=O)OC(COCCC(C(=O)[O-])[N+](C)(C)C)COC(=O)CCCCCCCCCCCCCCCCCCCCC.